The van der Waals surface area contributed by atoms with Crippen molar-refractivity contribution in [2.45, 2.75) is 19.8 Å². The van der Waals surface area contributed by atoms with E-state index in [2.05, 4.69) is 4.98 Å². The Morgan fingerprint density at radius 2 is 2.05 bits per heavy atom. The molecule has 0 aliphatic heterocycles. The molecular weight excluding hydrogens is 300 g/mol. The van der Waals surface area contributed by atoms with E-state index < -0.39 is 5.92 Å². The van der Waals surface area contributed by atoms with Crippen LogP contribution in [0.1, 0.15) is 33.9 Å². The highest BCUT2D eigenvalue weighted by atomic mass is 32.1. The van der Waals surface area contributed by atoms with Crippen molar-refractivity contribution in [3.63, 3.8) is 0 Å². The molecule has 112 valence electrons. The van der Waals surface area contributed by atoms with Crippen molar-refractivity contribution in [2.75, 3.05) is 6.61 Å². The number of hydrogen-bond donors (Lipinski definition) is 0. The molecule has 2 aromatic rings. The average Bonchev–Trinajstić information content (AvgIpc) is 2.92. The molecule has 5 nitrogen and oxygen atoms in total. The van der Waals surface area contributed by atoms with Crippen LogP contribution in [0.4, 0.5) is 0 Å². The second kappa shape index (κ2) is 6.96. The molecule has 0 saturated heterocycles. The number of Topliss-reactive ketones (excluding diaryl/α,β-unsaturated/α-hetero) is 2. The maximum Gasteiger partial charge on any atom is 0.194 e. The first-order chi connectivity index (χ1) is 10.5. The van der Waals surface area contributed by atoms with Gasteiger partial charge in [0.05, 0.1) is 6.07 Å². The molecule has 1 aromatic heterocycles. The first kappa shape index (κ1) is 15.9. The molecule has 0 radical (unpaired) electrons. The van der Waals surface area contributed by atoms with E-state index in [1.165, 1.54) is 18.3 Å². The molecule has 0 amide bonds. The molecule has 0 bridgehead atoms. The van der Waals surface area contributed by atoms with Crippen molar-refractivity contribution in [3.05, 3.63) is 45.9 Å². The number of ketones is 2. The smallest absolute Gasteiger partial charge is 0.194 e. The summed E-state index contributed by atoms with van der Waals surface area (Å²) in [6.07, 6.45) is 0. The highest BCUT2D eigenvalue weighted by Gasteiger charge is 2.23. The molecule has 1 heterocycles. The largest absolute Gasteiger partial charge is 0.486 e. The van der Waals surface area contributed by atoms with Gasteiger partial charge in [-0.15, -0.1) is 11.3 Å². The van der Waals surface area contributed by atoms with E-state index in [1.54, 1.807) is 29.6 Å². The molecule has 1 aromatic carbocycles. The number of thiazole rings is 1. The highest BCUT2D eigenvalue weighted by molar-refractivity contribution is 7.09. The third-order valence-corrected chi connectivity index (χ3v) is 4.00. The molecule has 6 heteroatoms. The molecule has 0 saturated carbocycles. The van der Waals surface area contributed by atoms with Crippen LogP contribution < -0.4 is 4.74 Å². The van der Waals surface area contributed by atoms with E-state index in [0.717, 1.165) is 5.69 Å². The predicted octanol–water partition coefficient (Wildman–Crippen LogP) is 2.91. The quantitative estimate of drug-likeness (QED) is 0.766. The number of aryl methyl sites for hydroxylation is 1. The zero-order chi connectivity index (χ0) is 16.1. The molecule has 22 heavy (non-hydrogen) atoms. The Balaban J connectivity index is 1.99. The van der Waals surface area contributed by atoms with Crippen LogP contribution in [0.15, 0.2) is 29.6 Å². The first-order valence-electron chi connectivity index (χ1n) is 6.59. The number of aromatic nitrogens is 1. The van der Waals surface area contributed by atoms with Crippen molar-refractivity contribution in [2.24, 2.45) is 0 Å². The Bertz CT molecular complexity index is 729. The van der Waals surface area contributed by atoms with Gasteiger partial charge in [0.1, 0.15) is 17.4 Å². The number of rotatable bonds is 6. The number of benzene rings is 1. The van der Waals surface area contributed by atoms with Gasteiger partial charge in [0.25, 0.3) is 0 Å². The van der Waals surface area contributed by atoms with Crippen molar-refractivity contribution in [3.8, 4) is 11.8 Å². The van der Waals surface area contributed by atoms with Gasteiger partial charge in [-0.3, -0.25) is 9.59 Å². The van der Waals surface area contributed by atoms with Gasteiger partial charge in [-0.25, -0.2) is 4.98 Å². The summed E-state index contributed by atoms with van der Waals surface area (Å²) in [5, 5.41) is 11.4. The molecular formula is C16H14N2O3S. The van der Waals surface area contributed by atoms with Gasteiger partial charge >= 0.3 is 0 Å². The number of carbonyl (C=O) groups is 2. The van der Waals surface area contributed by atoms with Gasteiger partial charge in [0.15, 0.2) is 17.5 Å². The molecule has 0 fully saturated rings. The average molecular weight is 314 g/mol. The minimum atomic E-state index is -0.907. The van der Waals surface area contributed by atoms with E-state index in [4.69, 9.17) is 10.00 Å². The van der Waals surface area contributed by atoms with Crippen LogP contribution in [0.2, 0.25) is 0 Å². The molecule has 2 rings (SSSR count). The lowest BCUT2D eigenvalue weighted by molar-refractivity contribution is -0.121. The Morgan fingerprint density at radius 3 is 2.55 bits per heavy atom. The fourth-order valence-electron chi connectivity index (χ4n) is 1.79. The zero-order valence-corrected chi connectivity index (χ0v) is 13.0. The lowest BCUT2D eigenvalue weighted by Crippen LogP contribution is -2.19. The summed E-state index contributed by atoms with van der Waals surface area (Å²) >= 11 is 1.29. The maximum absolute atomic E-state index is 12.1. The number of ether oxygens (including phenoxy) is 1. The lowest BCUT2D eigenvalue weighted by Gasteiger charge is -2.08. The second-order valence-corrected chi connectivity index (χ2v) is 5.61. The fourth-order valence-corrected chi connectivity index (χ4v) is 2.65. The second-order valence-electron chi connectivity index (χ2n) is 4.72. The molecule has 1 unspecified atom stereocenters. The summed E-state index contributed by atoms with van der Waals surface area (Å²) in [6.45, 7) is 3.08. The molecule has 0 spiro atoms. The van der Waals surface area contributed by atoms with Gasteiger partial charge in [-0.05, 0) is 38.1 Å². The first-order valence-corrected chi connectivity index (χ1v) is 7.47. The zero-order valence-electron chi connectivity index (χ0n) is 12.2. The van der Waals surface area contributed by atoms with E-state index >= 15 is 0 Å². The normalized spacial score (nSPS) is 11.5. The fraction of sp³-hybridized carbons (Fsp3) is 0.250. The number of nitrogens with zero attached hydrogens (tertiary/aromatic N) is 2. The van der Waals surface area contributed by atoms with Crippen LogP contribution in [0.5, 0.6) is 5.75 Å². The number of hydrogen-bond acceptors (Lipinski definition) is 6. The van der Waals surface area contributed by atoms with Crippen molar-refractivity contribution in [1.29, 1.82) is 5.26 Å². The summed E-state index contributed by atoms with van der Waals surface area (Å²) < 4.78 is 5.38. The topological polar surface area (TPSA) is 80.0 Å². The van der Waals surface area contributed by atoms with Crippen LogP contribution in [-0.4, -0.2) is 23.2 Å². The van der Waals surface area contributed by atoms with Crippen LogP contribution in [-0.2, 0) is 4.79 Å². The molecule has 1 atom stereocenters. The van der Waals surface area contributed by atoms with Crippen LogP contribution in [0.25, 0.3) is 0 Å². The SMILES string of the molecule is CC(=O)c1ccc(OCC(=O)C(C#N)c2nc(C)cs2)cc1. The van der Waals surface area contributed by atoms with Gasteiger partial charge in [0.2, 0.25) is 0 Å². The van der Waals surface area contributed by atoms with Crippen LogP contribution in [0.3, 0.4) is 0 Å². The maximum atomic E-state index is 12.1. The van der Waals surface area contributed by atoms with Gasteiger partial charge in [0, 0.05) is 16.6 Å². The van der Waals surface area contributed by atoms with Crippen molar-refractivity contribution >= 4 is 22.9 Å². The minimum absolute atomic E-state index is 0.0358. The monoisotopic (exact) mass is 314 g/mol. The Kier molecular flexibility index (Phi) is 5.02. The minimum Gasteiger partial charge on any atom is -0.486 e. The van der Waals surface area contributed by atoms with Crippen LogP contribution >= 0.6 is 11.3 Å². The molecule has 0 aliphatic rings. The van der Waals surface area contributed by atoms with Gasteiger partial charge in [-0.1, -0.05) is 0 Å². The van der Waals surface area contributed by atoms with Gasteiger partial charge < -0.3 is 4.74 Å². The lowest BCUT2D eigenvalue weighted by atomic mass is 10.1. The standard InChI is InChI=1S/C16H14N2O3S/c1-10-9-22-16(18-10)14(7-17)15(20)8-21-13-5-3-12(4-6-13)11(2)19/h3-6,9,14H,8H2,1-2H3. The third-order valence-electron chi connectivity index (χ3n) is 2.98. The summed E-state index contributed by atoms with van der Waals surface area (Å²) in [5.41, 5.74) is 1.36. The van der Waals surface area contributed by atoms with E-state index in [9.17, 15) is 9.59 Å². The number of nitriles is 1. The Morgan fingerprint density at radius 1 is 1.36 bits per heavy atom. The van der Waals surface area contributed by atoms with Crippen molar-refractivity contribution < 1.29 is 14.3 Å². The summed E-state index contributed by atoms with van der Waals surface area (Å²) in [4.78, 5) is 27.4. The van der Waals surface area contributed by atoms with E-state index in [-0.39, 0.29) is 18.2 Å². The van der Waals surface area contributed by atoms with E-state index in [1.807, 2.05) is 13.0 Å². The van der Waals surface area contributed by atoms with E-state index in [0.29, 0.717) is 16.3 Å². The van der Waals surface area contributed by atoms with Crippen molar-refractivity contribution in [1.82, 2.24) is 4.98 Å². The highest BCUT2D eigenvalue weighted by Crippen LogP contribution is 2.21. The van der Waals surface area contributed by atoms with Crippen LogP contribution in [0, 0.1) is 18.3 Å². The molecule has 0 aliphatic carbocycles. The predicted molar refractivity (Wildman–Crippen MR) is 82.2 cm³/mol. The molecule has 0 N–H and O–H groups in total. The third kappa shape index (κ3) is 3.77. The van der Waals surface area contributed by atoms with Gasteiger partial charge in [-0.2, -0.15) is 5.26 Å². The summed E-state index contributed by atoms with van der Waals surface area (Å²) in [5.74, 6) is -0.806. The Hall–Kier alpha value is -2.52. The Labute approximate surface area is 132 Å². The summed E-state index contributed by atoms with van der Waals surface area (Å²) in [7, 11) is 0. The summed E-state index contributed by atoms with van der Waals surface area (Å²) in [6, 6.07) is 8.48. The number of carbonyl (C=O) groups excluding carboxylic acids is 2.